The van der Waals surface area contributed by atoms with Crippen molar-refractivity contribution in [3.05, 3.63) is 33.8 Å². The topological polar surface area (TPSA) is 46.2 Å². The first kappa shape index (κ1) is 10.7. The van der Waals surface area contributed by atoms with Gasteiger partial charge in [0.1, 0.15) is 0 Å². The molecule has 2 nitrogen and oxygen atoms in total. The van der Waals surface area contributed by atoms with Gasteiger partial charge in [-0.3, -0.25) is 0 Å². The number of rotatable bonds is 3. The van der Waals surface area contributed by atoms with Crippen LogP contribution >= 0.6 is 15.9 Å². The Morgan fingerprint density at radius 1 is 1.54 bits per heavy atom. The summed E-state index contributed by atoms with van der Waals surface area (Å²) >= 11 is 3.40. The predicted octanol–water partition coefficient (Wildman–Crippen LogP) is 1.62. The van der Waals surface area contributed by atoms with Crippen molar-refractivity contribution in [2.24, 2.45) is 5.73 Å². The second-order valence-corrected chi connectivity index (χ2v) is 4.13. The first-order valence-corrected chi connectivity index (χ1v) is 5.04. The summed E-state index contributed by atoms with van der Waals surface area (Å²) in [6.07, 6.45) is 0.732. The number of hydrogen-bond acceptors (Lipinski definition) is 2. The number of aliphatic hydroxyl groups excluding tert-OH is 1. The molecule has 0 aliphatic carbocycles. The Kier molecular flexibility index (Phi) is 3.90. The van der Waals surface area contributed by atoms with Gasteiger partial charge in [-0.25, -0.2) is 0 Å². The van der Waals surface area contributed by atoms with Crippen molar-refractivity contribution in [3.8, 4) is 0 Å². The standard InChI is InChI=1S/C10H14BrNO/c1-7-4-9(11)3-2-8(7)5-10(12)6-13/h2-4,10,13H,5-6,12H2,1H3. The Hall–Kier alpha value is -0.380. The molecule has 0 saturated carbocycles. The fourth-order valence-corrected chi connectivity index (χ4v) is 1.71. The maximum absolute atomic E-state index is 8.81. The Balaban J connectivity index is 2.77. The summed E-state index contributed by atoms with van der Waals surface area (Å²) in [4.78, 5) is 0. The molecule has 0 spiro atoms. The minimum absolute atomic E-state index is 0.0372. The molecule has 1 rings (SSSR count). The van der Waals surface area contributed by atoms with Gasteiger partial charge in [0.05, 0.1) is 6.61 Å². The van der Waals surface area contributed by atoms with E-state index in [2.05, 4.69) is 22.0 Å². The average Bonchev–Trinajstić information content (AvgIpc) is 2.09. The second-order valence-electron chi connectivity index (χ2n) is 3.22. The van der Waals surface area contributed by atoms with Gasteiger partial charge >= 0.3 is 0 Å². The van der Waals surface area contributed by atoms with E-state index >= 15 is 0 Å². The highest BCUT2D eigenvalue weighted by Gasteiger charge is 2.04. The lowest BCUT2D eigenvalue weighted by Crippen LogP contribution is -2.27. The van der Waals surface area contributed by atoms with Crippen LogP contribution in [0.3, 0.4) is 0 Å². The predicted molar refractivity (Wildman–Crippen MR) is 57.6 cm³/mol. The van der Waals surface area contributed by atoms with Crippen LogP contribution in [0.1, 0.15) is 11.1 Å². The lowest BCUT2D eigenvalue weighted by Gasteiger charge is -2.10. The molecule has 1 atom stereocenters. The highest BCUT2D eigenvalue weighted by molar-refractivity contribution is 9.10. The van der Waals surface area contributed by atoms with E-state index in [-0.39, 0.29) is 12.6 Å². The summed E-state index contributed by atoms with van der Waals surface area (Å²) in [5.74, 6) is 0. The maximum atomic E-state index is 8.81. The van der Waals surface area contributed by atoms with Gasteiger partial charge in [-0.1, -0.05) is 22.0 Å². The Bertz CT molecular complexity index is 288. The first-order valence-electron chi connectivity index (χ1n) is 4.25. The van der Waals surface area contributed by atoms with E-state index in [1.54, 1.807) is 0 Å². The lowest BCUT2D eigenvalue weighted by molar-refractivity contribution is 0.265. The van der Waals surface area contributed by atoms with Gasteiger partial charge in [0.25, 0.3) is 0 Å². The van der Waals surface area contributed by atoms with Crippen LogP contribution in [0.25, 0.3) is 0 Å². The molecule has 1 aromatic carbocycles. The number of hydrogen-bond donors (Lipinski definition) is 2. The number of halogens is 1. The summed E-state index contributed by atoms with van der Waals surface area (Å²) in [6, 6.07) is 5.93. The molecule has 3 heteroatoms. The van der Waals surface area contributed by atoms with Gasteiger partial charge in [0.15, 0.2) is 0 Å². The lowest BCUT2D eigenvalue weighted by atomic mass is 10.0. The zero-order valence-corrected chi connectivity index (χ0v) is 9.21. The number of benzene rings is 1. The summed E-state index contributed by atoms with van der Waals surface area (Å²) in [5, 5.41) is 8.81. The highest BCUT2D eigenvalue weighted by atomic mass is 79.9. The van der Waals surface area contributed by atoms with Crippen molar-refractivity contribution in [2.45, 2.75) is 19.4 Å². The number of aryl methyl sites for hydroxylation is 1. The van der Waals surface area contributed by atoms with Gasteiger partial charge in [0.2, 0.25) is 0 Å². The zero-order valence-electron chi connectivity index (χ0n) is 7.63. The van der Waals surface area contributed by atoms with Crippen LogP contribution in [0.2, 0.25) is 0 Å². The Morgan fingerprint density at radius 2 is 2.23 bits per heavy atom. The van der Waals surface area contributed by atoms with Crippen molar-refractivity contribution in [1.82, 2.24) is 0 Å². The largest absolute Gasteiger partial charge is 0.395 e. The van der Waals surface area contributed by atoms with Crippen LogP contribution in [0.4, 0.5) is 0 Å². The van der Waals surface area contributed by atoms with E-state index in [0.717, 1.165) is 10.9 Å². The van der Waals surface area contributed by atoms with Gasteiger partial charge in [-0.05, 0) is 36.6 Å². The van der Waals surface area contributed by atoms with Crippen LogP contribution in [0, 0.1) is 6.92 Å². The molecule has 0 aliphatic rings. The van der Waals surface area contributed by atoms with E-state index in [1.807, 2.05) is 19.1 Å². The molecular formula is C10H14BrNO. The molecule has 0 fully saturated rings. The third-order valence-corrected chi connectivity index (χ3v) is 2.51. The van der Waals surface area contributed by atoms with Gasteiger partial charge in [-0.2, -0.15) is 0 Å². The molecule has 0 saturated heterocycles. The van der Waals surface area contributed by atoms with E-state index in [0.29, 0.717) is 0 Å². The van der Waals surface area contributed by atoms with Crippen molar-refractivity contribution in [2.75, 3.05) is 6.61 Å². The molecule has 1 unspecified atom stereocenters. The molecule has 0 radical (unpaired) electrons. The highest BCUT2D eigenvalue weighted by Crippen LogP contribution is 2.16. The second kappa shape index (κ2) is 4.74. The smallest absolute Gasteiger partial charge is 0.0585 e. The van der Waals surface area contributed by atoms with Crippen molar-refractivity contribution in [3.63, 3.8) is 0 Å². The van der Waals surface area contributed by atoms with Crippen molar-refractivity contribution in [1.29, 1.82) is 0 Å². The number of aliphatic hydroxyl groups is 1. The van der Waals surface area contributed by atoms with E-state index in [4.69, 9.17) is 10.8 Å². The van der Waals surface area contributed by atoms with E-state index in [9.17, 15) is 0 Å². The molecule has 13 heavy (non-hydrogen) atoms. The summed E-state index contributed by atoms with van der Waals surface area (Å²) < 4.78 is 1.08. The van der Waals surface area contributed by atoms with Gasteiger partial charge in [-0.15, -0.1) is 0 Å². The van der Waals surface area contributed by atoms with Crippen LogP contribution < -0.4 is 5.73 Å². The molecule has 0 aromatic heterocycles. The summed E-state index contributed by atoms with van der Waals surface area (Å²) in [7, 11) is 0. The molecule has 0 amide bonds. The third-order valence-electron chi connectivity index (χ3n) is 2.02. The van der Waals surface area contributed by atoms with Crippen LogP contribution in [-0.4, -0.2) is 17.8 Å². The molecule has 0 aliphatic heterocycles. The minimum atomic E-state index is -0.153. The molecule has 3 N–H and O–H groups in total. The van der Waals surface area contributed by atoms with Crippen molar-refractivity contribution < 1.29 is 5.11 Å². The molecule has 0 bridgehead atoms. The van der Waals surface area contributed by atoms with E-state index < -0.39 is 0 Å². The Labute approximate surface area is 86.9 Å². The first-order chi connectivity index (χ1) is 6.13. The average molecular weight is 244 g/mol. The quantitative estimate of drug-likeness (QED) is 0.848. The van der Waals surface area contributed by atoms with E-state index in [1.165, 1.54) is 11.1 Å². The van der Waals surface area contributed by atoms with Crippen molar-refractivity contribution >= 4 is 15.9 Å². The van der Waals surface area contributed by atoms with Crippen LogP contribution in [0.5, 0.6) is 0 Å². The zero-order chi connectivity index (χ0) is 9.84. The molecular weight excluding hydrogens is 230 g/mol. The molecule has 0 heterocycles. The fraction of sp³-hybridized carbons (Fsp3) is 0.400. The third kappa shape index (κ3) is 3.10. The monoisotopic (exact) mass is 243 g/mol. The molecule has 72 valence electrons. The van der Waals surface area contributed by atoms with Crippen LogP contribution in [-0.2, 0) is 6.42 Å². The Morgan fingerprint density at radius 3 is 2.77 bits per heavy atom. The SMILES string of the molecule is Cc1cc(Br)ccc1CC(N)CO. The van der Waals surface area contributed by atoms with Gasteiger partial charge in [0, 0.05) is 10.5 Å². The summed E-state index contributed by atoms with van der Waals surface area (Å²) in [5.41, 5.74) is 8.06. The number of nitrogens with two attached hydrogens (primary N) is 1. The molecule has 1 aromatic rings. The fourth-order valence-electron chi connectivity index (χ4n) is 1.24. The normalized spacial score (nSPS) is 12.9. The maximum Gasteiger partial charge on any atom is 0.0585 e. The van der Waals surface area contributed by atoms with Crippen LogP contribution in [0.15, 0.2) is 22.7 Å². The summed E-state index contributed by atoms with van der Waals surface area (Å²) in [6.45, 7) is 2.08. The van der Waals surface area contributed by atoms with Gasteiger partial charge < -0.3 is 10.8 Å². The minimum Gasteiger partial charge on any atom is -0.395 e.